The van der Waals surface area contributed by atoms with Crippen LogP contribution < -0.4 is 16.4 Å². The van der Waals surface area contributed by atoms with Gasteiger partial charge in [-0.05, 0) is 65.1 Å². The van der Waals surface area contributed by atoms with Crippen LogP contribution in [0.2, 0.25) is 0 Å². The van der Waals surface area contributed by atoms with Gasteiger partial charge in [-0.2, -0.15) is 0 Å². The van der Waals surface area contributed by atoms with Crippen LogP contribution in [0.3, 0.4) is 0 Å². The van der Waals surface area contributed by atoms with Crippen molar-refractivity contribution in [3.8, 4) is 0 Å². The maximum atomic E-state index is 12.5. The van der Waals surface area contributed by atoms with Gasteiger partial charge in [0.2, 0.25) is 0 Å². The second-order valence-corrected chi connectivity index (χ2v) is 8.59. The van der Waals surface area contributed by atoms with Crippen LogP contribution in [0.1, 0.15) is 47.7 Å². The van der Waals surface area contributed by atoms with Crippen LogP contribution >= 0.6 is 0 Å². The number of fused-ring (bicyclic) bond motifs is 1. The Morgan fingerprint density at radius 1 is 0.971 bits per heavy atom. The van der Waals surface area contributed by atoms with E-state index in [0.29, 0.717) is 30.2 Å². The maximum absolute atomic E-state index is 12.5. The van der Waals surface area contributed by atoms with Gasteiger partial charge >= 0.3 is 0 Å². The van der Waals surface area contributed by atoms with Crippen LogP contribution in [0.25, 0.3) is 10.8 Å². The average molecular weight is 469 g/mol. The predicted molar refractivity (Wildman–Crippen MR) is 142 cm³/mol. The molecule has 6 heteroatoms. The van der Waals surface area contributed by atoms with E-state index in [1.54, 1.807) is 18.3 Å². The summed E-state index contributed by atoms with van der Waals surface area (Å²) in [6, 6.07) is 25.8. The zero-order chi connectivity index (χ0) is 24.5. The summed E-state index contributed by atoms with van der Waals surface area (Å²) in [6.45, 7) is 3.40. The van der Waals surface area contributed by atoms with Gasteiger partial charge in [-0.1, -0.05) is 61.9 Å². The van der Waals surface area contributed by atoms with Gasteiger partial charge in [0, 0.05) is 18.3 Å². The van der Waals surface area contributed by atoms with Crippen molar-refractivity contribution in [1.82, 2.24) is 10.3 Å². The van der Waals surface area contributed by atoms with Gasteiger partial charge in [0.15, 0.2) is 0 Å². The van der Waals surface area contributed by atoms with E-state index in [-0.39, 0.29) is 12.1 Å². The second-order valence-electron chi connectivity index (χ2n) is 8.59. The normalized spacial score (nSPS) is 11.9. The molecule has 3 aromatic carbocycles. The summed E-state index contributed by atoms with van der Waals surface area (Å²) in [7, 11) is 0. The highest BCUT2D eigenvalue weighted by Crippen LogP contribution is 2.18. The summed E-state index contributed by atoms with van der Waals surface area (Å²) >= 11 is 0. The number of nitrogens with one attached hydrogen (secondary N) is 2. The number of amides is 1. The minimum absolute atomic E-state index is 0.0436. The van der Waals surface area contributed by atoms with Crippen molar-refractivity contribution >= 4 is 28.2 Å². The summed E-state index contributed by atoms with van der Waals surface area (Å²) in [5, 5.41) is 8.79. The third-order valence-electron chi connectivity index (χ3n) is 5.92. The lowest BCUT2D eigenvalue weighted by Gasteiger charge is -2.20. The smallest absolute Gasteiger partial charge is 0.255 e. The number of unbranched alkanes of at least 4 members (excludes halogenated alkanes) is 1. The topological polar surface area (TPSA) is 89.3 Å². The third kappa shape index (κ3) is 6.88. The van der Waals surface area contributed by atoms with E-state index in [0.717, 1.165) is 30.4 Å². The molecule has 35 heavy (non-hydrogen) atoms. The maximum Gasteiger partial charge on any atom is 0.255 e. The summed E-state index contributed by atoms with van der Waals surface area (Å²) in [5.41, 5.74) is 9.13. The zero-order valence-corrected chi connectivity index (χ0v) is 20.0. The molecule has 0 saturated carbocycles. The van der Waals surface area contributed by atoms with Gasteiger partial charge in [-0.15, -0.1) is 0 Å². The molecular weight excluding hydrogens is 436 g/mol. The lowest BCUT2D eigenvalue weighted by molar-refractivity contribution is 0.00957. The number of pyridine rings is 1. The highest BCUT2D eigenvalue weighted by molar-refractivity contribution is 6.05. The molecule has 6 nitrogen and oxygen atoms in total. The Morgan fingerprint density at radius 3 is 2.51 bits per heavy atom. The lowest BCUT2D eigenvalue weighted by Crippen LogP contribution is -2.31. The fourth-order valence-electron chi connectivity index (χ4n) is 3.88. The molecule has 0 aliphatic heterocycles. The first kappa shape index (κ1) is 24.4. The summed E-state index contributed by atoms with van der Waals surface area (Å²) in [6.07, 6.45) is 4.69. The van der Waals surface area contributed by atoms with Crippen molar-refractivity contribution in [1.29, 1.82) is 0 Å². The number of rotatable bonds is 11. The molecule has 0 aliphatic rings. The zero-order valence-electron chi connectivity index (χ0n) is 20.0. The van der Waals surface area contributed by atoms with Gasteiger partial charge < -0.3 is 15.8 Å². The molecule has 0 fully saturated rings. The molecule has 0 bridgehead atoms. The molecule has 0 spiro atoms. The first-order chi connectivity index (χ1) is 17.1. The van der Waals surface area contributed by atoms with Crippen molar-refractivity contribution in [2.45, 2.75) is 45.6 Å². The second kappa shape index (κ2) is 12.1. The molecule has 180 valence electrons. The molecule has 4 rings (SSSR count). The summed E-state index contributed by atoms with van der Waals surface area (Å²) in [4.78, 5) is 16.5. The average Bonchev–Trinajstić information content (AvgIpc) is 2.89. The number of hydrogen-bond acceptors (Lipinski definition) is 5. The standard InChI is InChI=1S/C29H32N4O2/c1-2-3-10-27(35-20-22-13-14-23-7-4-5-8-25(23)18-22)32-19-21-11-15-24(16-12-21)29(34)33-26-9-6-17-31-28(26)30/h4-9,11-18,27,32H,2-3,10,19-20H2,1H3,(H2,30,31)(H,33,34). The summed E-state index contributed by atoms with van der Waals surface area (Å²) < 4.78 is 6.25. The Bertz CT molecular complexity index is 1260. The molecule has 1 unspecified atom stereocenters. The molecule has 1 atom stereocenters. The monoisotopic (exact) mass is 468 g/mol. The molecule has 0 saturated heterocycles. The molecule has 4 N–H and O–H groups in total. The van der Waals surface area contributed by atoms with Gasteiger partial charge in [0.05, 0.1) is 12.3 Å². The number of ether oxygens (including phenoxy) is 1. The highest BCUT2D eigenvalue weighted by atomic mass is 16.5. The van der Waals surface area contributed by atoms with Crippen molar-refractivity contribution in [3.05, 3.63) is 102 Å². The number of carbonyl (C=O) groups is 1. The molecular formula is C29H32N4O2. The van der Waals surface area contributed by atoms with Crippen LogP contribution in [-0.2, 0) is 17.9 Å². The largest absolute Gasteiger partial charge is 0.382 e. The number of benzene rings is 3. The number of nitrogens with two attached hydrogens (primary N) is 1. The Kier molecular flexibility index (Phi) is 8.44. The number of anilines is 2. The Hall–Kier alpha value is -3.74. The molecule has 1 aromatic heterocycles. The quantitative estimate of drug-likeness (QED) is 0.239. The van der Waals surface area contributed by atoms with Crippen LogP contribution in [0.5, 0.6) is 0 Å². The minimum Gasteiger partial charge on any atom is -0.382 e. The van der Waals surface area contributed by atoms with Crippen molar-refractivity contribution in [3.63, 3.8) is 0 Å². The van der Waals surface area contributed by atoms with Crippen molar-refractivity contribution < 1.29 is 9.53 Å². The van der Waals surface area contributed by atoms with Crippen LogP contribution in [0, 0.1) is 0 Å². The van der Waals surface area contributed by atoms with E-state index in [1.165, 1.54) is 10.8 Å². The van der Waals surface area contributed by atoms with Gasteiger partial charge in [-0.3, -0.25) is 10.1 Å². The number of nitrogens with zero attached hydrogens (tertiary/aromatic N) is 1. The molecule has 0 radical (unpaired) electrons. The fraction of sp³-hybridized carbons (Fsp3) is 0.241. The number of nitrogen functional groups attached to an aromatic ring is 1. The predicted octanol–water partition coefficient (Wildman–Crippen LogP) is 5.89. The van der Waals surface area contributed by atoms with E-state index >= 15 is 0 Å². The highest BCUT2D eigenvalue weighted by Gasteiger charge is 2.11. The third-order valence-corrected chi connectivity index (χ3v) is 5.92. The molecule has 0 aliphatic carbocycles. The summed E-state index contributed by atoms with van der Waals surface area (Å²) in [5.74, 6) is 0.0761. The Morgan fingerprint density at radius 2 is 1.74 bits per heavy atom. The Labute approximate surface area is 206 Å². The molecule has 1 heterocycles. The first-order valence-electron chi connectivity index (χ1n) is 12.1. The lowest BCUT2D eigenvalue weighted by atomic mass is 10.1. The molecule has 1 amide bonds. The van der Waals surface area contributed by atoms with Crippen LogP contribution in [0.15, 0.2) is 85.1 Å². The number of hydrogen-bond donors (Lipinski definition) is 3. The van der Waals surface area contributed by atoms with E-state index < -0.39 is 0 Å². The number of aromatic nitrogens is 1. The number of carbonyl (C=O) groups excluding carboxylic acids is 1. The first-order valence-corrected chi connectivity index (χ1v) is 12.1. The van der Waals surface area contributed by atoms with Crippen molar-refractivity contribution in [2.75, 3.05) is 11.1 Å². The SMILES string of the molecule is CCCCC(NCc1ccc(C(=O)Nc2cccnc2N)cc1)OCc1ccc2ccccc2c1. The van der Waals surface area contributed by atoms with Crippen molar-refractivity contribution in [2.24, 2.45) is 0 Å². The minimum atomic E-state index is -0.219. The van der Waals surface area contributed by atoms with E-state index in [2.05, 4.69) is 65.0 Å². The Balaban J connectivity index is 1.32. The van der Waals surface area contributed by atoms with Crippen LogP contribution in [-0.4, -0.2) is 17.1 Å². The van der Waals surface area contributed by atoms with E-state index in [9.17, 15) is 4.79 Å². The van der Waals surface area contributed by atoms with E-state index in [1.807, 2.05) is 24.3 Å². The van der Waals surface area contributed by atoms with Gasteiger partial charge in [0.25, 0.3) is 5.91 Å². The molecule has 4 aromatic rings. The van der Waals surface area contributed by atoms with Gasteiger partial charge in [0.1, 0.15) is 12.0 Å². The van der Waals surface area contributed by atoms with Gasteiger partial charge in [-0.25, -0.2) is 4.98 Å². The van der Waals surface area contributed by atoms with E-state index in [4.69, 9.17) is 10.5 Å². The fourth-order valence-corrected chi connectivity index (χ4v) is 3.88. The van der Waals surface area contributed by atoms with Crippen LogP contribution in [0.4, 0.5) is 11.5 Å².